The number of anilines is 2. The molecule has 0 saturated heterocycles. The van der Waals surface area contributed by atoms with Crippen LogP contribution in [0.15, 0.2) is 12.4 Å². The molecule has 0 bridgehead atoms. The first-order valence-corrected chi connectivity index (χ1v) is 7.40. The minimum Gasteiger partial charge on any atom is -0.370 e. The molecular formula is C15H24N6. The lowest BCUT2D eigenvalue weighted by Gasteiger charge is -2.13. The van der Waals surface area contributed by atoms with Crippen LogP contribution in [0.2, 0.25) is 0 Å². The van der Waals surface area contributed by atoms with Gasteiger partial charge in [-0.25, -0.2) is 9.97 Å². The third-order valence-electron chi connectivity index (χ3n) is 3.26. The first-order valence-electron chi connectivity index (χ1n) is 7.40. The van der Waals surface area contributed by atoms with Crippen molar-refractivity contribution in [3.63, 3.8) is 0 Å². The van der Waals surface area contributed by atoms with Gasteiger partial charge in [0.2, 0.25) is 0 Å². The Balaban J connectivity index is 2.00. The van der Waals surface area contributed by atoms with Gasteiger partial charge in [-0.3, -0.25) is 4.68 Å². The third-order valence-corrected chi connectivity index (χ3v) is 3.26. The molecule has 0 aliphatic heterocycles. The first kappa shape index (κ1) is 15.3. The van der Waals surface area contributed by atoms with Crippen LogP contribution in [-0.2, 0) is 13.5 Å². The van der Waals surface area contributed by atoms with E-state index in [2.05, 4.69) is 32.6 Å². The van der Waals surface area contributed by atoms with E-state index in [9.17, 15) is 0 Å². The Kier molecular flexibility index (Phi) is 5.14. The van der Waals surface area contributed by atoms with Gasteiger partial charge in [-0.1, -0.05) is 6.92 Å². The number of hydrogen-bond donors (Lipinski definition) is 2. The Morgan fingerprint density at radius 2 is 1.76 bits per heavy atom. The summed E-state index contributed by atoms with van der Waals surface area (Å²) in [7, 11) is 1.93. The van der Waals surface area contributed by atoms with E-state index < -0.39 is 0 Å². The summed E-state index contributed by atoms with van der Waals surface area (Å²) < 4.78 is 1.82. The molecule has 0 fully saturated rings. The van der Waals surface area contributed by atoms with Gasteiger partial charge in [0.05, 0.1) is 6.20 Å². The predicted octanol–water partition coefficient (Wildman–Crippen LogP) is 2.30. The summed E-state index contributed by atoms with van der Waals surface area (Å²) >= 11 is 0. The molecule has 6 heteroatoms. The van der Waals surface area contributed by atoms with Crippen LogP contribution in [0.25, 0.3) is 0 Å². The van der Waals surface area contributed by atoms with E-state index in [-0.39, 0.29) is 0 Å². The van der Waals surface area contributed by atoms with Crippen molar-refractivity contribution in [1.82, 2.24) is 19.7 Å². The van der Waals surface area contributed by atoms with Gasteiger partial charge in [-0.2, -0.15) is 5.10 Å². The van der Waals surface area contributed by atoms with Gasteiger partial charge >= 0.3 is 0 Å². The maximum atomic E-state index is 4.49. The highest BCUT2D eigenvalue weighted by Gasteiger charge is 2.08. The molecule has 0 spiro atoms. The van der Waals surface area contributed by atoms with Crippen molar-refractivity contribution in [3.05, 3.63) is 29.3 Å². The summed E-state index contributed by atoms with van der Waals surface area (Å²) in [5, 5.41) is 10.9. The van der Waals surface area contributed by atoms with Crippen LogP contribution in [0.4, 0.5) is 11.6 Å². The number of rotatable bonds is 7. The lowest BCUT2D eigenvalue weighted by Crippen LogP contribution is -2.12. The van der Waals surface area contributed by atoms with E-state index >= 15 is 0 Å². The maximum Gasteiger partial charge on any atom is 0.134 e. The van der Waals surface area contributed by atoms with Crippen molar-refractivity contribution in [1.29, 1.82) is 0 Å². The zero-order chi connectivity index (χ0) is 15.2. The second-order valence-corrected chi connectivity index (χ2v) is 5.22. The summed E-state index contributed by atoms with van der Waals surface area (Å²) in [5.74, 6) is 2.61. The van der Waals surface area contributed by atoms with E-state index in [4.69, 9.17) is 0 Å². The van der Waals surface area contributed by atoms with Gasteiger partial charge in [0.15, 0.2) is 0 Å². The lowest BCUT2D eigenvalue weighted by molar-refractivity contribution is 0.766. The smallest absolute Gasteiger partial charge is 0.134 e. The average molecular weight is 288 g/mol. The molecule has 0 atom stereocenters. The number of aryl methyl sites for hydroxylation is 2. The van der Waals surface area contributed by atoms with Crippen LogP contribution in [0.1, 0.15) is 30.3 Å². The quantitative estimate of drug-likeness (QED) is 0.818. The van der Waals surface area contributed by atoms with Crippen molar-refractivity contribution >= 4 is 11.6 Å². The fourth-order valence-corrected chi connectivity index (χ4v) is 2.14. The van der Waals surface area contributed by atoms with Crippen LogP contribution in [0.3, 0.4) is 0 Å². The van der Waals surface area contributed by atoms with Gasteiger partial charge in [0.25, 0.3) is 0 Å². The second-order valence-electron chi connectivity index (χ2n) is 5.22. The highest BCUT2D eigenvalue weighted by molar-refractivity contribution is 5.57. The zero-order valence-electron chi connectivity index (χ0n) is 13.3. The number of aromatic nitrogens is 4. The number of nitrogens with zero attached hydrogens (tertiary/aromatic N) is 4. The molecule has 0 unspecified atom stereocenters. The van der Waals surface area contributed by atoms with Crippen molar-refractivity contribution in [2.24, 2.45) is 7.05 Å². The average Bonchev–Trinajstić information content (AvgIpc) is 2.86. The minimum absolute atomic E-state index is 0.781. The molecule has 0 amide bonds. The summed E-state index contributed by atoms with van der Waals surface area (Å²) in [6.07, 6.45) is 5.93. The molecular weight excluding hydrogens is 264 g/mol. The van der Waals surface area contributed by atoms with Gasteiger partial charge in [0.1, 0.15) is 17.5 Å². The summed E-state index contributed by atoms with van der Waals surface area (Å²) in [5.41, 5.74) is 2.29. The fourth-order valence-electron chi connectivity index (χ4n) is 2.14. The normalized spacial score (nSPS) is 10.7. The monoisotopic (exact) mass is 288 g/mol. The van der Waals surface area contributed by atoms with Crippen molar-refractivity contribution in [2.45, 2.75) is 33.6 Å². The molecule has 114 valence electrons. The Morgan fingerprint density at radius 1 is 1.10 bits per heavy atom. The number of nitrogens with one attached hydrogen (secondary N) is 2. The molecule has 2 rings (SSSR count). The topological polar surface area (TPSA) is 67.7 Å². The number of hydrogen-bond acceptors (Lipinski definition) is 5. The van der Waals surface area contributed by atoms with Crippen LogP contribution in [-0.4, -0.2) is 32.8 Å². The van der Waals surface area contributed by atoms with Crippen molar-refractivity contribution in [2.75, 3.05) is 23.7 Å². The Hall–Kier alpha value is -2.11. The van der Waals surface area contributed by atoms with Gasteiger partial charge in [-0.15, -0.1) is 0 Å². The van der Waals surface area contributed by atoms with Gasteiger partial charge in [-0.05, 0) is 32.3 Å². The standard InChI is InChI=1S/C15H24N6/c1-5-7-16-14-11(2)15(20-12(3)19-14)17-8-6-13-9-18-21(4)10-13/h9-10H,5-8H2,1-4H3,(H2,16,17,19,20). The second kappa shape index (κ2) is 7.06. The Bertz CT molecular complexity index is 590. The Labute approximate surface area is 126 Å². The Morgan fingerprint density at radius 3 is 2.33 bits per heavy atom. The van der Waals surface area contributed by atoms with Crippen molar-refractivity contribution < 1.29 is 0 Å². The van der Waals surface area contributed by atoms with E-state index in [1.165, 1.54) is 5.56 Å². The van der Waals surface area contributed by atoms with Crippen molar-refractivity contribution in [3.8, 4) is 0 Å². The molecule has 0 saturated carbocycles. The van der Waals surface area contributed by atoms with Crippen LogP contribution in [0.5, 0.6) is 0 Å². The molecule has 0 radical (unpaired) electrons. The predicted molar refractivity (Wildman–Crippen MR) is 85.7 cm³/mol. The minimum atomic E-state index is 0.781. The van der Waals surface area contributed by atoms with Crippen LogP contribution in [0, 0.1) is 13.8 Å². The highest BCUT2D eigenvalue weighted by Crippen LogP contribution is 2.19. The summed E-state index contributed by atoms with van der Waals surface area (Å²) in [4.78, 5) is 8.96. The van der Waals surface area contributed by atoms with E-state index in [0.29, 0.717) is 0 Å². The summed E-state index contributed by atoms with van der Waals surface area (Å²) in [6, 6.07) is 0. The van der Waals surface area contributed by atoms with Gasteiger partial charge < -0.3 is 10.6 Å². The molecule has 2 aromatic heterocycles. The fraction of sp³-hybridized carbons (Fsp3) is 0.533. The largest absolute Gasteiger partial charge is 0.370 e. The van der Waals surface area contributed by atoms with Gasteiger partial charge in [0, 0.05) is 31.9 Å². The molecule has 2 aromatic rings. The highest BCUT2D eigenvalue weighted by atomic mass is 15.2. The van der Waals surface area contributed by atoms with E-state index in [0.717, 1.165) is 49.0 Å². The zero-order valence-corrected chi connectivity index (χ0v) is 13.3. The molecule has 0 aliphatic rings. The molecule has 2 N–H and O–H groups in total. The third kappa shape index (κ3) is 4.18. The van der Waals surface area contributed by atoms with Crippen LogP contribution >= 0.6 is 0 Å². The maximum absolute atomic E-state index is 4.49. The first-order chi connectivity index (χ1) is 10.1. The van der Waals surface area contributed by atoms with Crippen LogP contribution < -0.4 is 10.6 Å². The SMILES string of the molecule is CCCNc1nc(C)nc(NCCc2cnn(C)c2)c1C. The molecule has 2 heterocycles. The molecule has 6 nitrogen and oxygen atoms in total. The molecule has 0 aromatic carbocycles. The summed E-state index contributed by atoms with van der Waals surface area (Å²) in [6.45, 7) is 7.86. The lowest BCUT2D eigenvalue weighted by atomic mass is 10.2. The van der Waals surface area contributed by atoms with E-state index in [1.54, 1.807) is 0 Å². The molecule has 0 aliphatic carbocycles. The van der Waals surface area contributed by atoms with E-state index in [1.807, 2.05) is 38.0 Å². The molecule has 21 heavy (non-hydrogen) atoms.